The van der Waals surface area contributed by atoms with Gasteiger partial charge in [-0.05, 0) is 69.3 Å². The SMILES string of the molecule is CC1CN(Cc2cccc(NC(=O)C3CC34CCNCC4)c2)CC(C)O1.Cl.Cl. The number of carbonyl (C=O) groups excluding carboxylic acids is 1. The summed E-state index contributed by atoms with van der Waals surface area (Å²) in [6.45, 7) is 9.18. The van der Waals surface area contributed by atoms with Crippen molar-refractivity contribution in [2.75, 3.05) is 31.5 Å². The van der Waals surface area contributed by atoms with Gasteiger partial charge in [0.2, 0.25) is 5.91 Å². The number of morpholine rings is 1. The Kier molecular flexibility index (Phi) is 8.17. The molecular formula is C21H33Cl2N3O2. The molecule has 1 aromatic rings. The first-order chi connectivity index (χ1) is 12.5. The lowest BCUT2D eigenvalue weighted by Crippen LogP contribution is -2.44. The summed E-state index contributed by atoms with van der Waals surface area (Å²) in [7, 11) is 0. The van der Waals surface area contributed by atoms with Gasteiger partial charge < -0.3 is 15.4 Å². The van der Waals surface area contributed by atoms with Gasteiger partial charge in [0.1, 0.15) is 0 Å². The number of nitrogens with zero attached hydrogens (tertiary/aromatic N) is 1. The number of halogens is 2. The van der Waals surface area contributed by atoms with Gasteiger partial charge in [0.15, 0.2) is 0 Å². The van der Waals surface area contributed by atoms with Gasteiger partial charge in [-0.3, -0.25) is 9.69 Å². The maximum absolute atomic E-state index is 12.7. The molecule has 0 radical (unpaired) electrons. The van der Waals surface area contributed by atoms with Crippen molar-refractivity contribution < 1.29 is 9.53 Å². The third kappa shape index (κ3) is 5.39. The van der Waals surface area contributed by atoms with Crippen LogP contribution in [0.4, 0.5) is 5.69 Å². The molecule has 3 aliphatic rings. The predicted octanol–water partition coefficient (Wildman–Crippen LogP) is 3.47. The Labute approximate surface area is 180 Å². The van der Waals surface area contributed by atoms with Crippen LogP contribution in [0.3, 0.4) is 0 Å². The minimum atomic E-state index is 0. The van der Waals surface area contributed by atoms with E-state index in [-0.39, 0.29) is 54.3 Å². The van der Waals surface area contributed by atoms with Gasteiger partial charge in [0.25, 0.3) is 0 Å². The average Bonchev–Trinajstić information content (AvgIpc) is 3.28. The predicted molar refractivity (Wildman–Crippen MR) is 117 cm³/mol. The van der Waals surface area contributed by atoms with Crippen LogP contribution in [-0.2, 0) is 16.1 Å². The van der Waals surface area contributed by atoms with Crippen molar-refractivity contribution in [1.29, 1.82) is 0 Å². The Morgan fingerprint density at radius 3 is 2.57 bits per heavy atom. The molecule has 3 atom stereocenters. The fraction of sp³-hybridized carbons (Fsp3) is 0.667. The van der Waals surface area contributed by atoms with Gasteiger partial charge in [0, 0.05) is 31.2 Å². The highest BCUT2D eigenvalue weighted by molar-refractivity contribution is 5.95. The molecule has 0 bridgehead atoms. The van der Waals surface area contributed by atoms with E-state index in [1.807, 2.05) is 12.1 Å². The maximum Gasteiger partial charge on any atom is 0.228 e. The summed E-state index contributed by atoms with van der Waals surface area (Å²) in [6, 6.07) is 8.32. The molecular weight excluding hydrogens is 397 g/mol. The molecule has 1 aliphatic carbocycles. The van der Waals surface area contributed by atoms with Crippen LogP contribution in [0.2, 0.25) is 0 Å². The number of amides is 1. The van der Waals surface area contributed by atoms with Crippen LogP contribution >= 0.6 is 24.8 Å². The van der Waals surface area contributed by atoms with Gasteiger partial charge in [-0.15, -0.1) is 24.8 Å². The largest absolute Gasteiger partial charge is 0.373 e. The number of piperidine rings is 1. The second-order valence-electron chi connectivity index (χ2n) is 8.51. The number of rotatable bonds is 4. The van der Waals surface area contributed by atoms with Crippen LogP contribution in [0, 0.1) is 11.3 Å². The number of hydrogen-bond donors (Lipinski definition) is 2. The van der Waals surface area contributed by atoms with Crippen molar-refractivity contribution in [2.24, 2.45) is 11.3 Å². The molecule has 1 spiro atoms. The Morgan fingerprint density at radius 1 is 1.21 bits per heavy atom. The number of benzene rings is 1. The molecule has 4 rings (SSSR count). The smallest absolute Gasteiger partial charge is 0.228 e. The fourth-order valence-corrected chi connectivity index (χ4v) is 4.84. The number of nitrogens with one attached hydrogen (secondary N) is 2. The van der Waals surface area contributed by atoms with Gasteiger partial charge in [-0.25, -0.2) is 0 Å². The van der Waals surface area contributed by atoms with E-state index in [9.17, 15) is 4.79 Å². The van der Waals surface area contributed by atoms with Crippen LogP contribution in [0.15, 0.2) is 24.3 Å². The van der Waals surface area contributed by atoms with Crippen LogP contribution in [0.25, 0.3) is 0 Å². The molecule has 28 heavy (non-hydrogen) atoms. The first kappa shape index (κ1) is 23.4. The molecule has 2 heterocycles. The summed E-state index contributed by atoms with van der Waals surface area (Å²) in [5.41, 5.74) is 2.46. The summed E-state index contributed by atoms with van der Waals surface area (Å²) in [5.74, 6) is 0.409. The highest BCUT2D eigenvalue weighted by atomic mass is 35.5. The van der Waals surface area contributed by atoms with Crippen molar-refractivity contribution in [3.63, 3.8) is 0 Å². The van der Waals surface area contributed by atoms with Gasteiger partial charge >= 0.3 is 0 Å². The number of anilines is 1. The first-order valence-electron chi connectivity index (χ1n) is 10.0. The molecule has 2 saturated heterocycles. The second-order valence-corrected chi connectivity index (χ2v) is 8.51. The Morgan fingerprint density at radius 2 is 1.89 bits per heavy atom. The standard InChI is InChI=1S/C21H31N3O2.2ClH/c1-15-12-24(13-16(2)26-15)14-17-4-3-5-18(10-17)23-20(25)19-11-21(19)6-8-22-9-7-21;;/h3-5,10,15-16,19,22H,6-9,11-14H2,1-2H3,(H,23,25);2*1H. The normalized spacial score (nSPS) is 28.7. The Balaban J connectivity index is 0.00000140. The Bertz CT molecular complexity index is 657. The molecule has 3 unspecified atom stereocenters. The van der Waals surface area contributed by atoms with E-state index in [1.54, 1.807) is 0 Å². The van der Waals surface area contributed by atoms with E-state index in [4.69, 9.17) is 4.74 Å². The summed E-state index contributed by atoms with van der Waals surface area (Å²) in [5, 5.41) is 6.56. The summed E-state index contributed by atoms with van der Waals surface area (Å²) in [6.07, 6.45) is 3.89. The lowest BCUT2D eigenvalue weighted by molar-refractivity contribution is -0.118. The third-order valence-electron chi connectivity index (χ3n) is 6.20. The quantitative estimate of drug-likeness (QED) is 0.768. The molecule has 0 aromatic heterocycles. The van der Waals surface area contributed by atoms with Crippen molar-refractivity contribution in [3.8, 4) is 0 Å². The maximum atomic E-state index is 12.7. The molecule has 1 amide bonds. The molecule has 7 heteroatoms. The zero-order chi connectivity index (χ0) is 18.1. The minimum absolute atomic E-state index is 0. The van der Waals surface area contributed by atoms with Gasteiger partial charge in [-0.1, -0.05) is 12.1 Å². The summed E-state index contributed by atoms with van der Waals surface area (Å²) >= 11 is 0. The van der Waals surface area contributed by atoms with Crippen LogP contribution in [-0.4, -0.2) is 49.2 Å². The highest BCUT2D eigenvalue weighted by Gasteiger charge is 2.57. The molecule has 2 N–H and O–H groups in total. The zero-order valence-electron chi connectivity index (χ0n) is 16.8. The van der Waals surface area contributed by atoms with Crippen LogP contribution in [0.1, 0.15) is 38.7 Å². The summed E-state index contributed by atoms with van der Waals surface area (Å²) in [4.78, 5) is 15.1. The van der Waals surface area contributed by atoms with Gasteiger partial charge in [0.05, 0.1) is 12.2 Å². The lowest BCUT2D eigenvalue weighted by Gasteiger charge is -2.35. The van der Waals surface area contributed by atoms with E-state index in [0.29, 0.717) is 0 Å². The van der Waals surface area contributed by atoms with E-state index in [0.717, 1.165) is 57.7 Å². The van der Waals surface area contributed by atoms with E-state index < -0.39 is 0 Å². The summed E-state index contributed by atoms with van der Waals surface area (Å²) < 4.78 is 5.82. The lowest BCUT2D eigenvalue weighted by atomic mass is 9.92. The van der Waals surface area contributed by atoms with E-state index in [2.05, 4.69) is 41.5 Å². The molecule has 2 aliphatic heterocycles. The molecule has 158 valence electrons. The topological polar surface area (TPSA) is 53.6 Å². The first-order valence-corrected chi connectivity index (χ1v) is 10.0. The molecule has 1 saturated carbocycles. The van der Waals surface area contributed by atoms with Crippen LogP contribution < -0.4 is 10.6 Å². The number of ether oxygens (including phenoxy) is 1. The van der Waals surface area contributed by atoms with Crippen molar-refractivity contribution in [1.82, 2.24) is 10.2 Å². The molecule has 3 fully saturated rings. The van der Waals surface area contributed by atoms with Crippen LogP contribution in [0.5, 0.6) is 0 Å². The second kappa shape index (κ2) is 9.77. The van der Waals surface area contributed by atoms with E-state index in [1.165, 1.54) is 5.56 Å². The zero-order valence-corrected chi connectivity index (χ0v) is 18.4. The van der Waals surface area contributed by atoms with Crippen molar-refractivity contribution >= 4 is 36.4 Å². The van der Waals surface area contributed by atoms with Crippen molar-refractivity contribution in [3.05, 3.63) is 29.8 Å². The third-order valence-corrected chi connectivity index (χ3v) is 6.20. The minimum Gasteiger partial charge on any atom is -0.373 e. The number of carbonyl (C=O) groups is 1. The molecule has 5 nitrogen and oxygen atoms in total. The monoisotopic (exact) mass is 429 g/mol. The van der Waals surface area contributed by atoms with Crippen molar-refractivity contribution in [2.45, 2.75) is 51.9 Å². The fourth-order valence-electron chi connectivity index (χ4n) is 4.84. The number of hydrogen-bond acceptors (Lipinski definition) is 4. The van der Waals surface area contributed by atoms with Gasteiger partial charge in [-0.2, -0.15) is 0 Å². The van der Waals surface area contributed by atoms with E-state index >= 15 is 0 Å². The average molecular weight is 430 g/mol. The molecule has 1 aromatic carbocycles. The highest BCUT2D eigenvalue weighted by Crippen LogP contribution is 2.58. The Hall–Kier alpha value is -0.850.